The lowest BCUT2D eigenvalue weighted by atomic mass is 10.3. The molecule has 0 fully saturated rings. The van der Waals surface area contributed by atoms with E-state index < -0.39 is 16.1 Å². The van der Waals surface area contributed by atoms with Crippen molar-refractivity contribution in [3.05, 3.63) is 29.3 Å². The second-order valence-electron chi connectivity index (χ2n) is 3.24. The summed E-state index contributed by atoms with van der Waals surface area (Å²) in [5, 5.41) is 9.51. The summed E-state index contributed by atoms with van der Waals surface area (Å²) in [6, 6.07) is 6.29. The van der Waals surface area contributed by atoms with Crippen molar-refractivity contribution in [1.29, 1.82) is 0 Å². The van der Waals surface area contributed by atoms with Crippen molar-refractivity contribution in [2.75, 3.05) is 10.5 Å². The van der Waals surface area contributed by atoms with Crippen LogP contribution < -0.4 is 4.72 Å². The third-order valence-corrected chi connectivity index (χ3v) is 3.30. The molecule has 0 spiro atoms. The summed E-state index contributed by atoms with van der Waals surface area (Å²) in [6.45, 7) is 1.42. The third kappa shape index (κ3) is 4.51. The van der Waals surface area contributed by atoms with E-state index in [4.69, 9.17) is 16.7 Å². The highest BCUT2D eigenvalue weighted by molar-refractivity contribution is 7.92. The van der Waals surface area contributed by atoms with Crippen LogP contribution >= 0.6 is 11.6 Å². The van der Waals surface area contributed by atoms with Crippen molar-refractivity contribution in [3.8, 4) is 0 Å². The Bertz CT molecular complexity index is 413. The first-order valence-corrected chi connectivity index (χ1v) is 6.36. The van der Waals surface area contributed by atoms with Crippen molar-refractivity contribution in [2.45, 2.75) is 13.0 Å². The Morgan fingerprint density at radius 1 is 1.40 bits per heavy atom. The second kappa shape index (κ2) is 4.83. The van der Waals surface area contributed by atoms with Crippen LogP contribution in [0.25, 0.3) is 0 Å². The molecule has 0 radical (unpaired) electrons. The molecule has 1 aromatic carbocycles. The average molecular weight is 250 g/mol. The van der Waals surface area contributed by atoms with Crippen LogP contribution in [-0.4, -0.2) is 25.4 Å². The number of nitrogens with one attached hydrogen (secondary N) is 1. The van der Waals surface area contributed by atoms with Gasteiger partial charge in [-0.15, -0.1) is 0 Å². The van der Waals surface area contributed by atoms with Crippen LogP contribution in [0.1, 0.15) is 6.92 Å². The van der Waals surface area contributed by atoms with Gasteiger partial charge >= 0.3 is 0 Å². The van der Waals surface area contributed by atoms with Gasteiger partial charge in [0.1, 0.15) is 0 Å². The molecule has 0 unspecified atom stereocenters. The van der Waals surface area contributed by atoms with Crippen LogP contribution in [0.2, 0.25) is 5.02 Å². The van der Waals surface area contributed by atoms with E-state index in [1.807, 2.05) is 0 Å². The van der Waals surface area contributed by atoms with Crippen LogP contribution in [0.5, 0.6) is 0 Å². The number of sulfonamides is 1. The van der Waals surface area contributed by atoms with Gasteiger partial charge in [0.25, 0.3) is 0 Å². The largest absolute Gasteiger partial charge is 0.392 e. The van der Waals surface area contributed by atoms with E-state index in [0.29, 0.717) is 10.7 Å². The minimum absolute atomic E-state index is 0.324. The SMILES string of the molecule is C[C@H](O)CS(=O)(=O)Nc1ccc(Cl)cc1. The number of benzene rings is 1. The first-order chi connectivity index (χ1) is 6.89. The lowest BCUT2D eigenvalue weighted by Gasteiger charge is -2.09. The van der Waals surface area contributed by atoms with Crippen LogP contribution in [-0.2, 0) is 10.0 Å². The van der Waals surface area contributed by atoms with E-state index in [0.717, 1.165) is 0 Å². The monoisotopic (exact) mass is 249 g/mol. The standard InChI is InChI=1S/C9H12ClNO3S/c1-7(12)6-15(13,14)11-9-4-2-8(10)3-5-9/h2-5,7,11-12H,6H2,1H3/t7-/m0/s1. The number of halogens is 1. The van der Waals surface area contributed by atoms with Crippen molar-refractivity contribution in [1.82, 2.24) is 0 Å². The van der Waals surface area contributed by atoms with Crippen molar-refractivity contribution >= 4 is 27.3 Å². The van der Waals surface area contributed by atoms with Crippen molar-refractivity contribution in [2.24, 2.45) is 0 Å². The van der Waals surface area contributed by atoms with Crippen LogP contribution in [0.3, 0.4) is 0 Å². The summed E-state index contributed by atoms with van der Waals surface area (Å²) in [5.74, 6) is -0.324. The van der Waals surface area contributed by atoms with Crippen molar-refractivity contribution < 1.29 is 13.5 Å². The molecule has 0 aromatic heterocycles. The molecule has 0 aliphatic rings. The van der Waals surface area contributed by atoms with Crippen LogP contribution in [0.4, 0.5) is 5.69 Å². The van der Waals surface area contributed by atoms with E-state index in [1.165, 1.54) is 6.92 Å². The van der Waals surface area contributed by atoms with Crippen molar-refractivity contribution in [3.63, 3.8) is 0 Å². The molecule has 1 rings (SSSR count). The van der Waals surface area contributed by atoms with Gasteiger partial charge in [0.15, 0.2) is 0 Å². The zero-order valence-electron chi connectivity index (χ0n) is 8.14. The Hall–Kier alpha value is -0.780. The topological polar surface area (TPSA) is 66.4 Å². The molecule has 1 atom stereocenters. The van der Waals surface area contributed by atoms with E-state index in [-0.39, 0.29) is 5.75 Å². The van der Waals surface area contributed by atoms with Crippen LogP contribution in [0.15, 0.2) is 24.3 Å². The molecule has 15 heavy (non-hydrogen) atoms. The minimum atomic E-state index is -3.49. The molecule has 1 aromatic rings. The van der Waals surface area contributed by atoms with Gasteiger partial charge in [-0.3, -0.25) is 4.72 Å². The fourth-order valence-corrected chi connectivity index (χ4v) is 2.40. The fraction of sp³-hybridized carbons (Fsp3) is 0.333. The number of aliphatic hydroxyl groups excluding tert-OH is 1. The van der Waals surface area contributed by atoms with E-state index in [1.54, 1.807) is 24.3 Å². The Balaban J connectivity index is 2.73. The second-order valence-corrected chi connectivity index (χ2v) is 5.44. The predicted octanol–water partition coefficient (Wildman–Crippen LogP) is 1.46. The number of hydrogen-bond acceptors (Lipinski definition) is 3. The van der Waals surface area contributed by atoms with E-state index in [9.17, 15) is 8.42 Å². The Kier molecular flexibility index (Phi) is 3.96. The molecule has 2 N–H and O–H groups in total. The minimum Gasteiger partial charge on any atom is -0.392 e. The van der Waals surface area contributed by atoms with Gasteiger partial charge in [-0.25, -0.2) is 8.42 Å². The predicted molar refractivity (Wildman–Crippen MR) is 60.5 cm³/mol. The fourth-order valence-electron chi connectivity index (χ4n) is 1.06. The summed E-state index contributed by atoms with van der Waals surface area (Å²) < 4.78 is 25.1. The molecule has 84 valence electrons. The Morgan fingerprint density at radius 3 is 2.40 bits per heavy atom. The highest BCUT2D eigenvalue weighted by Crippen LogP contribution is 2.14. The van der Waals surface area contributed by atoms with E-state index in [2.05, 4.69) is 4.72 Å². The summed E-state index contributed by atoms with van der Waals surface area (Å²) >= 11 is 5.65. The quantitative estimate of drug-likeness (QED) is 0.849. The maximum absolute atomic E-state index is 11.4. The molecule has 4 nitrogen and oxygen atoms in total. The molecule has 6 heteroatoms. The first-order valence-electron chi connectivity index (χ1n) is 4.33. The Morgan fingerprint density at radius 2 is 1.93 bits per heavy atom. The summed E-state index contributed by atoms with van der Waals surface area (Å²) in [7, 11) is -3.49. The maximum atomic E-state index is 11.4. The molecular weight excluding hydrogens is 238 g/mol. The number of aliphatic hydroxyl groups is 1. The molecule has 0 bridgehead atoms. The van der Waals surface area contributed by atoms with Gasteiger partial charge < -0.3 is 5.11 Å². The lowest BCUT2D eigenvalue weighted by Crippen LogP contribution is -2.23. The van der Waals surface area contributed by atoms with Gasteiger partial charge in [0.05, 0.1) is 11.9 Å². The highest BCUT2D eigenvalue weighted by atomic mass is 35.5. The molecule has 0 saturated carbocycles. The molecule has 0 saturated heterocycles. The zero-order chi connectivity index (χ0) is 11.5. The summed E-state index contributed by atoms with van der Waals surface area (Å²) in [4.78, 5) is 0. The maximum Gasteiger partial charge on any atom is 0.235 e. The van der Waals surface area contributed by atoms with E-state index >= 15 is 0 Å². The normalized spacial score (nSPS) is 13.5. The average Bonchev–Trinajstić information content (AvgIpc) is 2.06. The molecule has 0 aliphatic heterocycles. The first kappa shape index (κ1) is 12.3. The van der Waals surface area contributed by atoms with Gasteiger partial charge in [0.2, 0.25) is 10.0 Å². The lowest BCUT2D eigenvalue weighted by molar-refractivity contribution is 0.218. The molecule has 0 heterocycles. The van der Waals surface area contributed by atoms with Gasteiger partial charge in [-0.2, -0.15) is 0 Å². The van der Waals surface area contributed by atoms with Crippen LogP contribution in [0, 0.1) is 0 Å². The molecule has 0 amide bonds. The number of anilines is 1. The zero-order valence-corrected chi connectivity index (χ0v) is 9.72. The smallest absolute Gasteiger partial charge is 0.235 e. The number of rotatable bonds is 4. The summed E-state index contributed by atoms with van der Waals surface area (Å²) in [6.07, 6.45) is -0.894. The highest BCUT2D eigenvalue weighted by Gasteiger charge is 2.13. The molecule has 0 aliphatic carbocycles. The number of hydrogen-bond donors (Lipinski definition) is 2. The third-order valence-electron chi connectivity index (χ3n) is 1.58. The van der Waals surface area contributed by atoms with Gasteiger partial charge in [0, 0.05) is 10.7 Å². The van der Waals surface area contributed by atoms with Gasteiger partial charge in [-0.05, 0) is 31.2 Å². The Labute approximate surface area is 93.9 Å². The summed E-state index contributed by atoms with van der Waals surface area (Å²) in [5.41, 5.74) is 0.431. The van der Waals surface area contributed by atoms with Gasteiger partial charge in [-0.1, -0.05) is 11.6 Å². The molecular formula is C9H12ClNO3S.